The molecular formula is C20H25NO2S. The lowest BCUT2D eigenvalue weighted by Gasteiger charge is -2.45. The third kappa shape index (κ3) is 3.55. The summed E-state index contributed by atoms with van der Waals surface area (Å²) in [7, 11) is 0. The summed E-state index contributed by atoms with van der Waals surface area (Å²) in [5.74, 6) is 1.06. The number of piperidine rings is 1. The predicted molar refractivity (Wildman–Crippen MR) is 98.9 cm³/mol. The van der Waals surface area contributed by atoms with E-state index in [1.165, 1.54) is 16.9 Å². The van der Waals surface area contributed by atoms with Gasteiger partial charge in [-0.25, -0.2) is 0 Å². The summed E-state index contributed by atoms with van der Waals surface area (Å²) in [6, 6.07) is 11.5. The highest BCUT2D eigenvalue weighted by Gasteiger charge is 2.38. The fourth-order valence-corrected chi connectivity index (χ4v) is 4.32. The first-order valence-corrected chi connectivity index (χ1v) is 9.45. The first-order chi connectivity index (χ1) is 11.5. The zero-order chi connectivity index (χ0) is 17.2. The van der Waals surface area contributed by atoms with Crippen LogP contribution in [0, 0.1) is 5.92 Å². The Balaban J connectivity index is 1.60. The molecule has 0 aliphatic carbocycles. The average Bonchev–Trinajstić information content (AvgIpc) is 3.10. The lowest BCUT2D eigenvalue weighted by molar-refractivity contribution is 0.0890. The van der Waals surface area contributed by atoms with Crippen LogP contribution in [0.1, 0.15) is 41.9 Å². The number of rotatable bonds is 5. The molecule has 2 heterocycles. The standard InChI is InChI=1S/C20H25NO2S/c1-15-14-21(10-8-18(23)19-7-4-12-24-19)11-9-20(15,2)16-5-3-6-17(22)13-16/h3-7,12-13,15,22H,8-11,14H2,1-2H3/t15-,20+/m0/s1. The van der Waals surface area contributed by atoms with Crippen molar-refractivity contribution in [1.82, 2.24) is 4.90 Å². The third-order valence-electron chi connectivity index (χ3n) is 5.52. The summed E-state index contributed by atoms with van der Waals surface area (Å²) in [6.45, 7) is 7.38. The molecule has 1 aliphatic heterocycles. The van der Waals surface area contributed by atoms with Crippen LogP contribution in [-0.4, -0.2) is 35.4 Å². The zero-order valence-corrected chi connectivity index (χ0v) is 15.2. The molecular weight excluding hydrogens is 318 g/mol. The Kier molecular flexibility index (Phi) is 5.07. The molecule has 1 aliphatic rings. The molecule has 1 N–H and O–H groups in total. The summed E-state index contributed by atoms with van der Waals surface area (Å²) in [5, 5.41) is 11.7. The van der Waals surface area contributed by atoms with E-state index in [0.717, 1.165) is 30.9 Å². The highest BCUT2D eigenvalue weighted by atomic mass is 32.1. The van der Waals surface area contributed by atoms with Crippen LogP contribution in [0.2, 0.25) is 0 Å². The summed E-state index contributed by atoms with van der Waals surface area (Å²) in [6.07, 6.45) is 1.64. The van der Waals surface area contributed by atoms with Gasteiger partial charge in [0.15, 0.2) is 5.78 Å². The van der Waals surface area contributed by atoms with Crippen molar-refractivity contribution in [2.45, 2.75) is 32.1 Å². The summed E-state index contributed by atoms with van der Waals surface area (Å²) in [5.41, 5.74) is 1.29. The number of aromatic hydroxyl groups is 1. The van der Waals surface area contributed by atoms with Crippen LogP contribution < -0.4 is 0 Å². The van der Waals surface area contributed by atoms with Crippen LogP contribution in [0.5, 0.6) is 5.75 Å². The van der Waals surface area contributed by atoms with E-state index < -0.39 is 0 Å². The van der Waals surface area contributed by atoms with Crippen LogP contribution in [0.4, 0.5) is 0 Å². The smallest absolute Gasteiger partial charge is 0.174 e. The maximum Gasteiger partial charge on any atom is 0.174 e. The molecule has 0 spiro atoms. The Morgan fingerprint density at radius 3 is 2.88 bits per heavy atom. The predicted octanol–water partition coefficient (Wildman–Crippen LogP) is 4.33. The fourth-order valence-electron chi connectivity index (χ4n) is 3.63. The SMILES string of the molecule is C[C@H]1CN(CCC(=O)c2cccs2)CC[C@@]1(C)c1cccc(O)c1. The van der Waals surface area contributed by atoms with Gasteiger partial charge in [-0.1, -0.05) is 32.0 Å². The molecule has 128 valence electrons. The number of likely N-dealkylation sites (tertiary alicyclic amines) is 1. The van der Waals surface area contributed by atoms with E-state index in [2.05, 4.69) is 24.8 Å². The average molecular weight is 343 g/mol. The maximum atomic E-state index is 12.2. The van der Waals surface area contributed by atoms with E-state index in [1.807, 2.05) is 29.6 Å². The molecule has 0 amide bonds. The Morgan fingerprint density at radius 1 is 1.38 bits per heavy atom. The Hall–Kier alpha value is -1.65. The Bertz CT molecular complexity index is 697. The van der Waals surface area contributed by atoms with Gasteiger partial charge in [-0.2, -0.15) is 0 Å². The van der Waals surface area contributed by atoms with E-state index in [4.69, 9.17) is 0 Å². The van der Waals surface area contributed by atoms with Crippen molar-refractivity contribution in [2.24, 2.45) is 5.92 Å². The van der Waals surface area contributed by atoms with Gasteiger partial charge in [0.05, 0.1) is 4.88 Å². The molecule has 1 aromatic carbocycles. The first-order valence-electron chi connectivity index (χ1n) is 8.57. The van der Waals surface area contributed by atoms with Gasteiger partial charge in [0.2, 0.25) is 0 Å². The van der Waals surface area contributed by atoms with Gasteiger partial charge in [0.1, 0.15) is 5.75 Å². The van der Waals surface area contributed by atoms with Crippen molar-refractivity contribution < 1.29 is 9.90 Å². The Morgan fingerprint density at radius 2 is 2.21 bits per heavy atom. The van der Waals surface area contributed by atoms with Crippen molar-refractivity contribution in [3.8, 4) is 5.75 Å². The van der Waals surface area contributed by atoms with Gasteiger partial charge in [-0.05, 0) is 53.4 Å². The van der Waals surface area contributed by atoms with Gasteiger partial charge in [0.25, 0.3) is 0 Å². The van der Waals surface area contributed by atoms with Crippen LogP contribution in [0.3, 0.4) is 0 Å². The van der Waals surface area contributed by atoms with Crippen molar-refractivity contribution in [1.29, 1.82) is 0 Å². The number of phenolic OH excluding ortho intramolecular Hbond substituents is 1. The van der Waals surface area contributed by atoms with Crippen LogP contribution >= 0.6 is 11.3 Å². The highest BCUT2D eigenvalue weighted by molar-refractivity contribution is 7.12. The number of ketones is 1. The lowest BCUT2D eigenvalue weighted by atomic mass is 9.68. The molecule has 0 radical (unpaired) electrons. The summed E-state index contributed by atoms with van der Waals surface area (Å²) in [4.78, 5) is 15.4. The van der Waals surface area contributed by atoms with Crippen molar-refractivity contribution >= 4 is 17.1 Å². The molecule has 1 aromatic heterocycles. The molecule has 1 saturated heterocycles. The van der Waals surface area contributed by atoms with E-state index in [1.54, 1.807) is 6.07 Å². The van der Waals surface area contributed by atoms with Crippen LogP contribution in [0.25, 0.3) is 0 Å². The van der Waals surface area contributed by atoms with Crippen molar-refractivity contribution in [3.05, 3.63) is 52.2 Å². The van der Waals surface area contributed by atoms with Gasteiger partial charge in [-0.3, -0.25) is 4.79 Å². The number of hydrogen-bond acceptors (Lipinski definition) is 4. The minimum atomic E-state index is 0.0764. The number of phenols is 1. The molecule has 2 atom stereocenters. The molecule has 0 bridgehead atoms. The molecule has 1 fully saturated rings. The molecule has 3 rings (SSSR count). The minimum absolute atomic E-state index is 0.0764. The van der Waals surface area contributed by atoms with Crippen molar-refractivity contribution in [3.63, 3.8) is 0 Å². The number of thiophene rings is 1. The molecule has 0 saturated carbocycles. The molecule has 2 aromatic rings. The topological polar surface area (TPSA) is 40.5 Å². The number of hydrogen-bond donors (Lipinski definition) is 1. The molecule has 4 heteroatoms. The molecule has 24 heavy (non-hydrogen) atoms. The maximum absolute atomic E-state index is 12.2. The van der Waals surface area contributed by atoms with Crippen molar-refractivity contribution in [2.75, 3.05) is 19.6 Å². The number of nitrogens with zero attached hydrogens (tertiary/aromatic N) is 1. The third-order valence-corrected chi connectivity index (χ3v) is 6.43. The summed E-state index contributed by atoms with van der Waals surface area (Å²) >= 11 is 1.52. The van der Waals surface area contributed by atoms with E-state index in [0.29, 0.717) is 18.1 Å². The second-order valence-electron chi connectivity index (χ2n) is 7.07. The minimum Gasteiger partial charge on any atom is -0.508 e. The van der Waals surface area contributed by atoms with Gasteiger partial charge in [0, 0.05) is 19.5 Å². The molecule has 3 nitrogen and oxygen atoms in total. The largest absolute Gasteiger partial charge is 0.508 e. The number of benzene rings is 1. The second kappa shape index (κ2) is 7.08. The zero-order valence-electron chi connectivity index (χ0n) is 14.4. The second-order valence-corrected chi connectivity index (χ2v) is 8.02. The normalized spacial score (nSPS) is 24.8. The first kappa shape index (κ1) is 17.2. The number of Topliss-reactive ketones (excluding diaryl/α,β-unsaturated/α-hetero) is 1. The number of carbonyl (C=O) groups excluding carboxylic acids is 1. The lowest BCUT2D eigenvalue weighted by Crippen LogP contribution is -2.47. The monoisotopic (exact) mass is 343 g/mol. The van der Waals surface area contributed by atoms with E-state index in [9.17, 15) is 9.90 Å². The van der Waals surface area contributed by atoms with Gasteiger partial charge in [-0.15, -0.1) is 11.3 Å². The summed E-state index contributed by atoms with van der Waals surface area (Å²) < 4.78 is 0. The Labute approximate surface area is 147 Å². The van der Waals surface area contributed by atoms with Crippen LogP contribution in [-0.2, 0) is 5.41 Å². The number of carbonyl (C=O) groups is 1. The fraction of sp³-hybridized carbons (Fsp3) is 0.450. The molecule has 0 unspecified atom stereocenters. The van der Waals surface area contributed by atoms with Crippen LogP contribution in [0.15, 0.2) is 41.8 Å². The van der Waals surface area contributed by atoms with Gasteiger partial charge < -0.3 is 10.0 Å². The highest BCUT2D eigenvalue weighted by Crippen LogP contribution is 2.40. The van der Waals surface area contributed by atoms with E-state index >= 15 is 0 Å². The van der Waals surface area contributed by atoms with E-state index in [-0.39, 0.29) is 11.2 Å². The van der Waals surface area contributed by atoms with Gasteiger partial charge >= 0.3 is 0 Å². The quantitative estimate of drug-likeness (QED) is 0.822.